The zero-order valence-electron chi connectivity index (χ0n) is 16.0. The number of piperidine rings is 1. The molecule has 1 aromatic carbocycles. The molecule has 1 N–H and O–H groups in total. The summed E-state index contributed by atoms with van der Waals surface area (Å²) in [7, 11) is 0. The molecule has 1 amide bonds. The molecule has 1 saturated heterocycles. The van der Waals surface area contributed by atoms with Crippen LogP contribution < -0.4 is 5.32 Å². The van der Waals surface area contributed by atoms with E-state index >= 15 is 0 Å². The highest BCUT2D eigenvalue weighted by Gasteiger charge is 2.25. The van der Waals surface area contributed by atoms with Crippen molar-refractivity contribution in [3.8, 4) is 0 Å². The van der Waals surface area contributed by atoms with Crippen LogP contribution in [0.5, 0.6) is 0 Å². The number of likely N-dealkylation sites (tertiary alicyclic amines) is 1. The molecule has 0 atom stereocenters. The van der Waals surface area contributed by atoms with Crippen LogP contribution in [0.2, 0.25) is 0 Å². The molecule has 4 heteroatoms. The number of pyridine rings is 1. The Morgan fingerprint density at radius 1 is 1.19 bits per heavy atom. The fourth-order valence-corrected chi connectivity index (χ4v) is 3.45. The van der Waals surface area contributed by atoms with Gasteiger partial charge in [0, 0.05) is 18.7 Å². The maximum Gasteiger partial charge on any atom is 0.228 e. The second kappa shape index (κ2) is 8.45. The summed E-state index contributed by atoms with van der Waals surface area (Å²) >= 11 is 0. The zero-order valence-corrected chi connectivity index (χ0v) is 16.0. The third-order valence-corrected chi connectivity index (χ3v) is 5.18. The van der Waals surface area contributed by atoms with E-state index in [4.69, 9.17) is 0 Å². The van der Waals surface area contributed by atoms with Crippen molar-refractivity contribution < 1.29 is 4.79 Å². The predicted octanol–water partition coefficient (Wildman–Crippen LogP) is 4.36. The minimum absolute atomic E-state index is 0.0804. The van der Waals surface area contributed by atoms with Crippen LogP contribution in [0.4, 0.5) is 5.82 Å². The number of carbonyl (C=O) groups excluding carboxylic acids is 1. The number of carbonyl (C=O) groups is 1. The SMILES string of the molecule is Cc1ccnc(NC(=O)C2CCN(Cc3ccc(C(C)C)cc3)CC2)c1. The van der Waals surface area contributed by atoms with Gasteiger partial charge in [-0.15, -0.1) is 0 Å². The van der Waals surface area contributed by atoms with E-state index in [9.17, 15) is 4.79 Å². The van der Waals surface area contributed by atoms with E-state index in [0.29, 0.717) is 11.7 Å². The molecule has 0 radical (unpaired) electrons. The molecular formula is C22H29N3O. The highest BCUT2D eigenvalue weighted by molar-refractivity contribution is 5.91. The molecule has 0 saturated carbocycles. The number of nitrogens with zero attached hydrogens (tertiary/aromatic N) is 2. The Bertz CT molecular complexity index is 731. The van der Waals surface area contributed by atoms with E-state index < -0.39 is 0 Å². The number of aryl methyl sites for hydroxylation is 1. The van der Waals surface area contributed by atoms with Crippen LogP contribution in [0.25, 0.3) is 0 Å². The summed E-state index contributed by atoms with van der Waals surface area (Å²) in [5.41, 5.74) is 3.84. The number of amides is 1. The second-order valence-corrected chi connectivity index (χ2v) is 7.65. The minimum Gasteiger partial charge on any atom is -0.310 e. The molecule has 26 heavy (non-hydrogen) atoms. The van der Waals surface area contributed by atoms with E-state index in [-0.39, 0.29) is 11.8 Å². The van der Waals surface area contributed by atoms with E-state index in [0.717, 1.165) is 38.0 Å². The highest BCUT2D eigenvalue weighted by atomic mass is 16.1. The Morgan fingerprint density at radius 3 is 2.50 bits per heavy atom. The van der Waals surface area contributed by atoms with Gasteiger partial charge in [0.2, 0.25) is 5.91 Å². The van der Waals surface area contributed by atoms with Gasteiger partial charge in [-0.2, -0.15) is 0 Å². The van der Waals surface area contributed by atoms with Gasteiger partial charge < -0.3 is 5.32 Å². The van der Waals surface area contributed by atoms with Crippen LogP contribution in [0.15, 0.2) is 42.6 Å². The van der Waals surface area contributed by atoms with Gasteiger partial charge in [0.05, 0.1) is 0 Å². The Balaban J connectivity index is 1.48. The van der Waals surface area contributed by atoms with Crippen LogP contribution in [-0.2, 0) is 11.3 Å². The quantitative estimate of drug-likeness (QED) is 0.870. The van der Waals surface area contributed by atoms with E-state index in [1.807, 2.05) is 19.1 Å². The maximum absolute atomic E-state index is 12.5. The molecule has 0 aliphatic carbocycles. The van der Waals surface area contributed by atoms with Crippen molar-refractivity contribution >= 4 is 11.7 Å². The number of anilines is 1. The van der Waals surface area contributed by atoms with Crippen LogP contribution >= 0.6 is 0 Å². The molecule has 1 aliphatic rings. The lowest BCUT2D eigenvalue weighted by Gasteiger charge is -2.31. The summed E-state index contributed by atoms with van der Waals surface area (Å²) in [5.74, 6) is 1.41. The number of hydrogen-bond acceptors (Lipinski definition) is 3. The second-order valence-electron chi connectivity index (χ2n) is 7.65. The van der Waals surface area contributed by atoms with Crippen molar-refractivity contribution in [1.29, 1.82) is 0 Å². The van der Waals surface area contributed by atoms with Crippen molar-refractivity contribution in [3.63, 3.8) is 0 Å². The number of rotatable bonds is 5. The molecule has 1 fully saturated rings. The van der Waals surface area contributed by atoms with E-state index in [1.54, 1.807) is 6.20 Å². The first-order valence-corrected chi connectivity index (χ1v) is 9.56. The first kappa shape index (κ1) is 18.6. The van der Waals surface area contributed by atoms with E-state index in [2.05, 4.69) is 53.3 Å². The lowest BCUT2D eigenvalue weighted by molar-refractivity contribution is -0.121. The first-order chi connectivity index (χ1) is 12.5. The first-order valence-electron chi connectivity index (χ1n) is 9.56. The molecule has 0 unspecified atom stereocenters. The van der Waals surface area contributed by atoms with Crippen LogP contribution in [-0.4, -0.2) is 28.9 Å². The Hall–Kier alpha value is -2.20. The van der Waals surface area contributed by atoms with Crippen LogP contribution in [0, 0.1) is 12.8 Å². The largest absolute Gasteiger partial charge is 0.310 e. The zero-order chi connectivity index (χ0) is 18.5. The standard InChI is InChI=1S/C22H29N3O/c1-16(2)19-6-4-18(5-7-19)15-25-12-9-20(10-13-25)22(26)24-21-14-17(3)8-11-23-21/h4-8,11,14,16,20H,9-10,12-13,15H2,1-3H3,(H,23,24,26). The molecule has 1 aliphatic heterocycles. The molecule has 0 spiro atoms. The highest BCUT2D eigenvalue weighted by Crippen LogP contribution is 2.22. The average molecular weight is 351 g/mol. The van der Waals surface area contributed by atoms with Crippen LogP contribution in [0.3, 0.4) is 0 Å². The van der Waals surface area contributed by atoms with Gasteiger partial charge >= 0.3 is 0 Å². The van der Waals surface area contributed by atoms with Gasteiger partial charge in [-0.25, -0.2) is 4.98 Å². The summed E-state index contributed by atoms with van der Waals surface area (Å²) in [4.78, 5) is 19.1. The fourth-order valence-electron chi connectivity index (χ4n) is 3.45. The van der Waals surface area contributed by atoms with Crippen molar-refractivity contribution in [2.24, 2.45) is 5.92 Å². The summed E-state index contributed by atoms with van der Waals surface area (Å²) < 4.78 is 0. The Morgan fingerprint density at radius 2 is 1.88 bits per heavy atom. The molecular weight excluding hydrogens is 322 g/mol. The number of nitrogens with one attached hydrogen (secondary N) is 1. The van der Waals surface area contributed by atoms with E-state index in [1.165, 1.54) is 11.1 Å². The van der Waals surface area contributed by atoms with Gasteiger partial charge in [0.15, 0.2) is 0 Å². The average Bonchev–Trinajstić information content (AvgIpc) is 2.63. The lowest BCUT2D eigenvalue weighted by atomic mass is 9.95. The Labute approximate surface area is 156 Å². The number of benzene rings is 1. The van der Waals surface area contributed by atoms with Gasteiger partial charge in [-0.1, -0.05) is 38.1 Å². The minimum atomic E-state index is 0.0804. The smallest absolute Gasteiger partial charge is 0.228 e. The van der Waals surface area contributed by atoms with Crippen molar-refractivity contribution in [1.82, 2.24) is 9.88 Å². The molecule has 1 aromatic heterocycles. The number of hydrogen-bond donors (Lipinski definition) is 1. The van der Waals surface area contributed by atoms with Gasteiger partial charge in [-0.3, -0.25) is 9.69 Å². The molecule has 4 nitrogen and oxygen atoms in total. The maximum atomic E-state index is 12.5. The lowest BCUT2D eigenvalue weighted by Crippen LogP contribution is -2.37. The fraction of sp³-hybridized carbons (Fsp3) is 0.455. The number of aromatic nitrogens is 1. The monoisotopic (exact) mass is 351 g/mol. The van der Waals surface area contributed by atoms with Crippen molar-refractivity contribution in [3.05, 3.63) is 59.3 Å². The molecule has 138 valence electrons. The molecule has 2 aromatic rings. The van der Waals surface area contributed by atoms with Gasteiger partial charge in [-0.05, 0) is 67.6 Å². The summed E-state index contributed by atoms with van der Waals surface area (Å²) in [6.45, 7) is 9.33. The third kappa shape index (κ3) is 4.92. The Kier molecular flexibility index (Phi) is 6.04. The normalized spacial score (nSPS) is 16.0. The van der Waals surface area contributed by atoms with Crippen molar-refractivity contribution in [2.45, 2.75) is 46.1 Å². The summed E-state index contributed by atoms with van der Waals surface area (Å²) in [6, 6.07) is 12.8. The molecule has 0 bridgehead atoms. The molecule has 2 heterocycles. The third-order valence-electron chi connectivity index (χ3n) is 5.18. The van der Waals surface area contributed by atoms with Crippen molar-refractivity contribution in [2.75, 3.05) is 18.4 Å². The summed E-state index contributed by atoms with van der Waals surface area (Å²) in [5, 5.41) is 2.97. The van der Waals surface area contributed by atoms with Crippen LogP contribution in [0.1, 0.15) is 49.3 Å². The summed E-state index contributed by atoms with van der Waals surface area (Å²) in [6.07, 6.45) is 3.54. The molecule has 3 rings (SSSR count). The predicted molar refractivity (Wildman–Crippen MR) is 106 cm³/mol. The van der Waals surface area contributed by atoms with Gasteiger partial charge in [0.1, 0.15) is 5.82 Å². The topological polar surface area (TPSA) is 45.2 Å². The van der Waals surface area contributed by atoms with Gasteiger partial charge in [0.25, 0.3) is 0 Å².